The van der Waals surface area contributed by atoms with Crippen molar-refractivity contribution in [2.24, 2.45) is 0 Å². The summed E-state index contributed by atoms with van der Waals surface area (Å²) in [5, 5.41) is 0. The Balaban J connectivity index is 2.73. The minimum absolute atomic E-state index is 0.115. The summed E-state index contributed by atoms with van der Waals surface area (Å²) >= 11 is 6.75. The molecular formula is C11H12Br2O3. The van der Waals surface area contributed by atoms with Crippen LogP contribution in [0.2, 0.25) is 0 Å². The van der Waals surface area contributed by atoms with Crippen molar-refractivity contribution < 1.29 is 14.3 Å². The highest BCUT2D eigenvalue weighted by Gasteiger charge is 2.08. The number of ether oxygens (including phenoxy) is 2. The van der Waals surface area contributed by atoms with Gasteiger partial charge in [-0.1, -0.05) is 0 Å². The summed E-state index contributed by atoms with van der Waals surface area (Å²) in [4.78, 5) is 10.8. The van der Waals surface area contributed by atoms with E-state index in [1.165, 1.54) is 0 Å². The van der Waals surface area contributed by atoms with Crippen LogP contribution in [-0.2, 0) is 4.79 Å². The van der Waals surface area contributed by atoms with E-state index < -0.39 is 0 Å². The molecule has 1 aromatic carbocycles. The fraction of sp³-hybridized carbons (Fsp3) is 0.364. The van der Waals surface area contributed by atoms with Crippen LogP contribution >= 0.6 is 31.9 Å². The first-order valence-corrected chi connectivity index (χ1v) is 6.28. The zero-order valence-corrected chi connectivity index (χ0v) is 12.2. The number of carbonyl (C=O) groups excluding carboxylic acids is 1. The van der Waals surface area contributed by atoms with Gasteiger partial charge in [0.2, 0.25) is 0 Å². The largest absolute Gasteiger partial charge is 0.496 e. The van der Waals surface area contributed by atoms with E-state index in [2.05, 4.69) is 31.9 Å². The van der Waals surface area contributed by atoms with Gasteiger partial charge in [0.25, 0.3) is 0 Å². The van der Waals surface area contributed by atoms with Gasteiger partial charge in [-0.2, -0.15) is 0 Å². The third kappa shape index (κ3) is 3.79. The van der Waals surface area contributed by atoms with E-state index in [4.69, 9.17) is 9.47 Å². The third-order valence-corrected chi connectivity index (χ3v) is 3.16. The Labute approximate surface area is 111 Å². The molecule has 0 aliphatic heterocycles. The Morgan fingerprint density at radius 3 is 2.38 bits per heavy atom. The Morgan fingerprint density at radius 2 is 1.81 bits per heavy atom. The van der Waals surface area contributed by atoms with Crippen LogP contribution in [0.5, 0.6) is 11.5 Å². The average molecular weight is 352 g/mol. The molecule has 0 unspecified atom stereocenters. The molecule has 0 saturated heterocycles. The molecule has 16 heavy (non-hydrogen) atoms. The van der Waals surface area contributed by atoms with Crippen LogP contribution in [0.15, 0.2) is 21.1 Å². The standard InChI is InChI=1S/C11H12Br2O3/c1-7(14)3-4-16-11-6-8(12)10(15-2)5-9(11)13/h5-6H,3-4H2,1-2H3. The van der Waals surface area contributed by atoms with E-state index >= 15 is 0 Å². The van der Waals surface area contributed by atoms with Crippen LogP contribution < -0.4 is 9.47 Å². The van der Waals surface area contributed by atoms with Gasteiger partial charge >= 0.3 is 0 Å². The number of hydrogen-bond donors (Lipinski definition) is 0. The number of methoxy groups -OCH3 is 1. The van der Waals surface area contributed by atoms with E-state index in [0.717, 1.165) is 14.7 Å². The first-order chi connectivity index (χ1) is 7.54. The van der Waals surface area contributed by atoms with Gasteiger partial charge in [-0.25, -0.2) is 0 Å². The second-order valence-electron chi connectivity index (χ2n) is 3.22. The van der Waals surface area contributed by atoms with E-state index in [1.54, 1.807) is 14.0 Å². The smallest absolute Gasteiger partial charge is 0.134 e. The molecule has 0 aromatic heterocycles. The maximum atomic E-state index is 10.8. The second-order valence-corrected chi connectivity index (χ2v) is 4.93. The molecule has 0 N–H and O–H groups in total. The van der Waals surface area contributed by atoms with Gasteiger partial charge in [-0.05, 0) is 50.9 Å². The van der Waals surface area contributed by atoms with Crippen molar-refractivity contribution in [1.82, 2.24) is 0 Å². The Morgan fingerprint density at radius 1 is 1.25 bits per heavy atom. The molecule has 0 bridgehead atoms. The fourth-order valence-corrected chi connectivity index (χ4v) is 2.00. The first-order valence-electron chi connectivity index (χ1n) is 4.70. The lowest BCUT2D eigenvalue weighted by atomic mass is 10.3. The fourth-order valence-electron chi connectivity index (χ4n) is 1.08. The molecular weight excluding hydrogens is 340 g/mol. The molecule has 0 spiro atoms. The third-order valence-electron chi connectivity index (χ3n) is 1.92. The minimum Gasteiger partial charge on any atom is -0.496 e. The summed E-state index contributed by atoms with van der Waals surface area (Å²) in [6.45, 7) is 1.93. The van der Waals surface area contributed by atoms with E-state index in [0.29, 0.717) is 18.8 Å². The van der Waals surface area contributed by atoms with Gasteiger partial charge in [0.1, 0.15) is 17.3 Å². The summed E-state index contributed by atoms with van der Waals surface area (Å²) < 4.78 is 12.2. The van der Waals surface area contributed by atoms with Crippen LogP contribution in [0.25, 0.3) is 0 Å². The first kappa shape index (κ1) is 13.5. The molecule has 3 nitrogen and oxygen atoms in total. The summed E-state index contributed by atoms with van der Waals surface area (Å²) in [5.74, 6) is 1.53. The summed E-state index contributed by atoms with van der Waals surface area (Å²) in [6.07, 6.45) is 0.413. The number of ketones is 1. The highest BCUT2D eigenvalue weighted by molar-refractivity contribution is 9.11. The van der Waals surface area contributed by atoms with E-state index in [9.17, 15) is 4.79 Å². The molecule has 0 aliphatic carbocycles. The predicted octanol–water partition coefficient (Wildman–Crippen LogP) is 3.58. The molecule has 88 valence electrons. The van der Waals surface area contributed by atoms with Crippen LogP contribution in [0.4, 0.5) is 0 Å². The SMILES string of the molecule is COc1cc(Br)c(OCCC(C)=O)cc1Br. The van der Waals surface area contributed by atoms with Crippen molar-refractivity contribution in [1.29, 1.82) is 0 Å². The Bertz CT molecular complexity index is 391. The lowest BCUT2D eigenvalue weighted by Crippen LogP contribution is -2.03. The van der Waals surface area contributed by atoms with Gasteiger partial charge in [-0.3, -0.25) is 4.79 Å². The molecule has 0 atom stereocenters. The maximum absolute atomic E-state index is 10.8. The van der Waals surface area contributed by atoms with Crippen molar-refractivity contribution in [2.45, 2.75) is 13.3 Å². The van der Waals surface area contributed by atoms with Crippen molar-refractivity contribution >= 4 is 37.6 Å². The molecule has 0 heterocycles. The molecule has 0 aliphatic rings. The van der Waals surface area contributed by atoms with Gasteiger partial charge in [0.15, 0.2) is 0 Å². The summed E-state index contributed by atoms with van der Waals surface area (Å²) in [6, 6.07) is 3.62. The van der Waals surface area contributed by atoms with E-state index in [1.807, 2.05) is 12.1 Å². The normalized spacial score (nSPS) is 10.0. The number of Topliss-reactive ketones (excluding diaryl/α,β-unsaturated/α-hetero) is 1. The van der Waals surface area contributed by atoms with Crippen molar-refractivity contribution in [3.05, 3.63) is 21.1 Å². The van der Waals surface area contributed by atoms with Crippen LogP contribution in [0, 0.1) is 0 Å². The van der Waals surface area contributed by atoms with Gasteiger partial charge in [-0.15, -0.1) is 0 Å². The average Bonchev–Trinajstić information content (AvgIpc) is 2.22. The number of rotatable bonds is 5. The lowest BCUT2D eigenvalue weighted by Gasteiger charge is -2.10. The van der Waals surface area contributed by atoms with Gasteiger partial charge in [0, 0.05) is 6.42 Å². The number of benzene rings is 1. The Kier molecular flexibility index (Phi) is 5.28. The minimum atomic E-state index is 0.115. The Hall–Kier alpha value is -0.550. The number of halogens is 2. The predicted molar refractivity (Wildman–Crippen MR) is 69.2 cm³/mol. The monoisotopic (exact) mass is 350 g/mol. The van der Waals surface area contributed by atoms with Gasteiger partial charge < -0.3 is 9.47 Å². The van der Waals surface area contributed by atoms with Gasteiger partial charge in [0.05, 0.1) is 22.7 Å². The zero-order chi connectivity index (χ0) is 12.1. The second kappa shape index (κ2) is 6.25. The van der Waals surface area contributed by atoms with Crippen molar-refractivity contribution in [3.8, 4) is 11.5 Å². The van der Waals surface area contributed by atoms with Crippen LogP contribution in [0.3, 0.4) is 0 Å². The number of carbonyl (C=O) groups is 1. The lowest BCUT2D eigenvalue weighted by molar-refractivity contribution is -0.117. The molecule has 0 saturated carbocycles. The number of hydrogen-bond acceptors (Lipinski definition) is 3. The van der Waals surface area contributed by atoms with Crippen LogP contribution in [0.1, 0.15) is 13.3 Å². The zero-order valence-electron chi connectivity index (χ0n) is 9.05. The highest BCUT2D eigenvalue weighted by Crippen LogP contribution is 2.35. The van der Waals surface area contributed by atoms with Crippen molar-refractivity contribution in [2.75, 3.05) is 13.7 Å². The maximum Gasteiger partial charge on any atom is 0.134 e. The van der Waals surface area contributed by atoms with E-state index in [-0.39, 0.29) is 5.78 Å². The summed E-state index contributed by atoms with van der Waals surface area (Å²) in [5.41, 5.74) is 0. The van der Waals surface area contributed by atoms with Crippen molar-refractivity contribution in [3.63, 3.8) is 0 Å². The molecule has 0 radical (unpaired) electrons. The van der Waals surface area contributed by atoms with Crippen LogP contribution in [-0.4, -0.2) is 19.5 Å². The topological polar surface area (TPSA) is 35.5 Å². The molecule has 1 aromatic rings. The molecule has 1 rings (SSSR count). The summed E-state index contributed by atoms with van der Waals surface area (Å²) in [7, 11) is 1.60. The highest BCUT2D eigenvalue weighted by atomic mass is 79.9. The quantitative estimate of drug-likeness (QED) is 0.813. The molecule has 0 fully saturated rings. The molecule has 0 amide bonds. The molecule has 5 heteroatoms.